The zero-order valence-corrected chi connectivity index (χ0v) is 14.1. The molecule has 0 bridgehead atoms. The molecule has 2 aliphatic rings. The number of ether oxygens (including phenoxy) is 3. The van der Waals surface area contributed by atoms with Gasteiger partial charge in [-0.25, -0.2) is 4.39 Å². The molecule has 5 heteroatoms. The largest absolute Gasteiger partial charge is 0.486 e. The molecular formula is C20H22FNO3. The van der Waals surface area contributed by atoms with Gasteiger partial charge in [0.25, 0.3) is 0 Å². The number of hydrogen-bond acceptors (Lipinski definition) is 4. The second kappa shape index (κ2) is 7.02. The van der Waals surface area contributed by atoms with E-state index in [1.165, 1.54) is 0 Å². The zero-order chi connectivity index (χ0) is 17.1. The lowest BCUT2D eigenvalue weighted by Crippen LogP contribution is -2.45. The minimum absolute atomic E-state index is 0.281. The molecule has 2 aliphatic heterocycles. The van der Waals surface area contributed by atoms with Crippen LogP contribution in [0.1, 0.15) is 18.4 Å². The van der Waals surface area contributed by atoms with Gasteiger partial charge in [-0.1, -0.05) is 30.3 Å². The van der Waals surface area contributed by atoms with Crippen molar-refractivity contribution < 1.29 is 18.6 Å². The molecule has 0 saturated carbocycles. The van der Waals surface area contributed by atoms with Gasteiger partial charge in [0.2, 0.25) is 0 Å². The first-order valence-electron chi connectivity index (χ1n) is 8.73. The molecule has 132 valence electrons. The number of hydrogen-bond donors (Lipinski definition) is 0. The summed E-state index contributed by atoms with van der Waals surface area (Å²) in [6.45, 7) is 3.29. The van der Waals surface area contributed by atoms with Gasteiger partial charge >= 0.3 is 0 Å². The summed E-state index contributed by atoms with van der Waals surface area (Å²) in [5.41, 5.74) is 1.89. The van der Waals surface area contributed by atoms with E-state index in [2.05, 4.69) is 4.90 Å². The molecule has 0 aliphatic carbocycles. The van der Waals surface area contributed by atoms with Crippen molar-refractivity contribution in [1.29, 1.82) is 0 Å². The van der Waals surface area contributed by atoms with E-state index in [9.17, 15) is 4.39 Å². The fraction of sp³-hybridized carbons (Fsp3) is 0.400. The van der Waals surface area contributed by atoms with Gasteiger partial charge in [-0.2, -0.15) is 0 Å². The Balaban J connectivity index is 1.38. The van der Waals surface area contributed by atoms with Crippen LogP contribution in [0.4, 0.5) is 10.1 Å². The van der Waals surface area contributed by atoms with Crippen LogP contribution in [-0.2, 0) is 16.1 Å². The highest BCUT2D eigenvalue weighted by Crippen LogP contribution is 2.34. The van der Waals surface area contributed by atoms with E-state index < -0.39 is 5.79 Å². The molecule has 4 rings (SSSR count). The van der Waals surface area contributed by atoms with Crippen molar-refractivity contribution in [3.05, 3.63) is 59.9 Å². The number of nitrogens with zero attached hydrogens (tertiary/aromatic N) is 1. The predicted molar refractivity (Wildman–Crippen MR) is 93.3 cm³/mol. The molecule has 2 saturated heterocycles. The predicted octanol–water partition coefficient (Wildman–Crippen LogP) is 3.75. The number of piperidine rings is 1. The summed E-state index contributed by atoms with van der Waals surface area (Å²) in [6, 6.07) is 14.9. The van der Waals surface area contributed by atoms with Gasteiger partial charge in [-0.3, -0.25) is 0 Å². The Morgan fingerprint density at radius 1 is 1.00 bits per heavy atom. The van der Waals surface area contributed by atoms with E-state index in [1.54, 1.807) is 12.1 Å². The van der Waals surface area contributed by atoms with Gasteiger partial charge in [-0.15, -0.1) is 0 Å². The van der Waals surface area contributed by atoms with Crippen LogP contribution in [-0.4, -0.2) is 32.1 Å². The lowest BCUT2D eigenvalue weighted by Gasteiger charge is -2.38. The van der Waals surface area contributed by atoms with Crippen molar-refractivity contribution in [2.24, 2.45) is 0 Å². The SMILES string of the molecule is Fc1cc(N2CCC3(CC2)OCCO3)ccc1OCc1ccccc1. The Kier molecular flexibility index (Phi) is 4.59. The summed E-state index contributed by atoms with van der Waals surface area (Å²) in [4.78, 5) is 2.17. The van der Waals surface area contributed by atoms with Gasteiger partial charge in [0.05, 0.1) is 13.2 Å². The summed E-state index contributed by atoms with van der Waals surface area (Å²) < 4.78 is 31.5. The average Bonchev–Trinajstić information content (AvgIpc) is 3.10. The third-order valence-electron chi connectivity index (χ3n) is 4.86. The number of halogens is 1. The molecule has 1 spiro atoms. The van der Waals surface area contributed by atoms with Gasteiger partial charge in [-0.05, 0) is 17.7 Å². The Morgan fingerprint density at radius 2 is 1.72 bits per heavy atom. The van der Waals surface area contributed by atoms with Gasteiger partial charge < -0.3 is 19.1 Å². The quantitative estimate of drug-likeness (QED) is 0.846. The van der Waals surface area contributed by atoms with Crippen molar-refractivity contribution in [3.8, 4) is 5.75 Å². The van der Waals surface area contributed by atoms with E-state index in [0.29, 0.717) is 19.8 Å². The first-order chi connectivity index (χ1) is 12.2. The maximum Gasteiger partial charge on any atom is 0.171 e. The lowest BCUT2D eigenvalue weighted by molar-refractivity contribution is -0.169. The second-order valence-corrected chi connectivity index (χ2v) is 6.48. The third kappa shape index (κ3) is 3.62. The van der Waals surface area contributed by atoms with Crippen LogP contribution < -0.4 is 9.64 Å². The summed E-state index contributed by atoms with van der Waals surface area (Å²) in [5.74, 6) is -0.459. The van der Waals surface area contributed by atoms with E-state index in [-0.39, 0.29) is 11.6 Å². The second-order valence-electron chi connectivity index (χ2n) is 6.48. The van der Waals surface area contributed by atoms with Crippen LogP contribution in [0.15, 0.2) is 48.5 Å². The normalized spacial score (nSPS) is 19.3. The van der Waals surface area contributed by atoms with Gasteiger partial charge in [0.1, 0.15) is 6.61 Å². The fourth-order valence-corrected chi connectivity index (χ4v) is 3.43. The topological polar surface area (TPSA) is 30.9 Å². The number of rotatable bonds is 4. The molecule has 25 heavy (non-hydrogen) atoms. The molecule has 0 unspecified atom stereocenters. The molecule has 0 aromatic heterocycles. The number of benzene rings is 2. The van der Waals surface area contributed by atoms with Crippen molar-refractivity contribution in [2.75, 3.05) is 31.2 Å². The first kappa shape index (κ1) is 16.4. The van der Waals surface area contributed by atoms with Crippen LogP contribution in [0.2, 0.25) is 0 Å². The Morgan fingerprint density at radius 3 is 2.40 bits per heavy atom. The van der Waals surface area contributed by atoms with Gasteiger partial charge in [0, 0.05) is 37.7 Å². The van der Waals surface area contributed by atoms with Crippen LogP contribution in [0.25, 0.3) is 0 Å². The third-order valence-corrected chi connectivity index (χ3v) is 4.86. The van der Waals surface area contributed by atoms with Crippen molar-refractivity contribution >= 4 is 5.69 Å². The molecule has 2 aromatic carbocycles. The maximum atomic E-state index is 14.4. The first-order valence-corrected chi connectivity index (χ1v) is 8.73. The zero-order valence-electron chi connectivity index (χ0n) is 14.1. The van der Waals surface area contributed by atoms with E-state index >= 15 is 0 Å². The monoisotopic (exact) mass is 343 g/mol. The maximum absolute atomic E-state index is 14.4. The highest BCUT2D eigenvalue weighted by molar-refractivity contribution is 5.50. The molecule has 0 atom stereocenters. The Bertz CT molecular complexity index is 706. The molecule has 2 aromatic rings. The Hall–Kier alpha value is -2.11. The summed E-state index contributed by atoms with van der Waals surface area (Å²) >= 11 is 0. The van der Waals surface area contributed by atoms with E-state index in [4.69, 9.17) is 14.2 Å². The van der Waals surface area contributed by atoms with Crippen molar-refractivity contribution in [1.82, 2.24) is 0 Å². The molecule has 2 heterocycles. The summed E-state index contributed by atoms with van der Waals surface area (Å²) in [6.07, 6.45) is 1.61. The smallest absolute Gasteiger partial charge is 0.171 e. The van der Waals surface area contributed by atoms with Crippen LogP contribution in [0.5, 0.6) is 5.75 Å². The minimum Gasteiger partial charge on any atom is -0.486 e. The highest BCUT2D eigenvalue weighted by Gasteiger charge is 2.39. The van der Waals surface area contributed by atoms with Crippen molar-refractivity contribution in [3.63, 3.8) is 0 Å². The highest BCUT2D eigenvalue weighted by atomic mass is 19.1. The fourth-order valence-electron chi connectivity index (χ4n) is 3.43. The van der Waals surface area contributed by atoms with Gasteiger partial charge in [0.15, 0.2) is 17.4 Å². The van der Waals surface area contributed by atoms with Crippen LogP contribution >= 0.6 is 0 Å². The van der Waals surface area contributed by atoms with E-state index in [1.807, 2.05) is 36.4 Å². The Labute approximate surface area is 147 Å². The lowest BCUT2D eigenvalue weighted by atomic mass is 10.0. The molecule has 2 fully saturated rings. The van der Waals surface area contributed by atoms with Crippen LogP contribution in [0, 0.1) is 5.82 Å². The van der Waals surface area contributed by atoms with E-state index in [0.717, 1.165) is 37.2 Å². The standard InChI is InChI=1S/C20H22FNO3/c21-18-14-17(22-10-8-20(9-11-22)24-12-13-25-20)6-7-19(18)23-15-16-4-2-1-3-5-16/h1-7,14H,8-13,15H2. The molecule has 4 nitrogen and oxygen atoms in total. The summed E-state index contributed by atoms with van der Waals surface area (Å²) in [7, 11) is 0. The van der Waals surface area contributed by atoms with Crippen LogP contribution in [0.3, 0.4) is 0 Å². The van der Waals surface area contributed by atoms with Crippen molar-refractivity contribution in [2.45, 2.75) is 25.2 Å². The number of anilines is 1. The molecule has 0 amide bonds. The molecule has 0 radical (unpaired) electrons. The average molecular weight is 343 g/mol. The molecule has 0 N–H and O–H groups in total. The minimum atomic E-state index is -0.409. The summed E-state index contributed by atoms with van der Waals surface area (Å²) in [5, 5.41) is 0. The molecular weight excluding hydrogens is 321 g/mol.